The third-order valence-corrected chi connectivity index (χ3v) is 11.3. The van der Waals surface area contributed by atoms with Crippen LogP contribution in [-0.2, 0) is 19.4 Å². The summed E-state index contributed by atoms with van der Waals surface area (Å²) in [7, 11) is 0. The summed E-state index contributed by atoms with van der Waals surface area (Å²) in [6, 6.07) is 62.4. The van der Waals surface area contributed by atoms with E-state index in [9.17, 15) is 0 Å². The van der Waals surface area contributed by atoms with Crippen LogP contribution < -0.4 is 5.32 Å². The smallest absolute Gasteiger partial charge is 0.0407 e. The van der Waals surface area contributed by atoms with E-state index in [2.05, 4.69) is 193 Å². The predicted octanol–water partition coefficient (Wildman–Crippen LogP) is 13.5. The molecule has 0 aliphatic heterocycles. The topological polar surface area (TPSA) is 12.0 Å². The molecule has 0 bridgehead atoms. The molecule has 0 aromatic heterocycles. The van der Waals surface area contributed by atoms with Gasteiger partial charge >= 0.3 is 0 Å². The zero-order valence-electron chi connectivity index (χ0n) is 30.7. The van der Waals surface area contributed by atoms with Crippen LogP contribution >= 0.6 is 0 Å². The SMILES string of the molecule is C1=CC(c2ccc(C/C=C(\NCc3cccc4c3-c3cc(-c5ccc(-c6cccc(-c7ccccc7)c6)cc5)ccc3C4)c3ccccc3)cc2)CCC1. The lowest BCUT2D eigenvalue weighted by atomic mass is 9.89. The number of nitrogens with one attached hydrogen (secondary N) is 1. The van der Waals surface area contributed by atoms with Crippen molar-refractivity contribution >= 4 is 5.70 Å². The summed E-state index contributed by atoms with van der Waals surface area (Å²) in [5, 5.41) is 3.88. The van der Waals surface area contributed by atoms with Crippen LogP contribution in [0, 0.1) is 0 Å². The normalized spacial score (nSPS) is 14.7. The Labute approximate surface area is 320 Å². The van der Waals surface area contributed by atoms with Gasteiger partial charge in [-0.1, -0.05) is 176 Å². The lowest BCUT2D eigenvalue weighted by Crippen LogP contribution is -2.13. The minimum absolute atomic E-state index is 0.563. The fraction of sp³-hybridized carbons (Fsp3) is 0.132. The predicted molar refractivity (Wildman–Crippen MR) is 228 cm³/mol. The average molecular weight is 696 g/mol. The fourth-order valence-corrected chi connectivity index (χ4v) is 8.32. The number of allylic oxidation sites excluding steroid dienone is 3. The van der Waals surface area contributed by atoms with Gasteiger partial charge in [-0.15, -0.1) is 0 Å². The molecule has 262 valence electrons. The lowest BCUT2D eigenvalue weighted by Gasteiger charge is -2.17. The molecule has 1 N–H and O–H groups in total. The molecule has 0 amide bonds. The van der Waals surface area contributed by atoms with E-state index in [1.807, 2.05) is 0 Å². The first kappa shape index (κ1) is 33.6. The molecule has 1 unspecified atom stereocenters. The van der Waals surface area contributed by atoms with Gasteiger partial charge in [0.25, 0.3) is 0 Å². The van der Waals surface area contributed by atoms with Crippen molar-refractivity contribution in [3.63, 3.8) is 0 Å². The Morgan fingerprint density at radius 2 is 1.22 bits per heavy atom. The van der Waals surface area contributed by atoms with E-state index < -0.39 is 0 Å². The molecule has 2 aliphatic carbocycles. The minimum Gasteiger partial charge on any atom is -0.381 e. The van der Waals surface area contributed by atoms with Gasteiger partial charge in [0.05, 0.1) is 0 Å². The highest BCUT2D eigenvalue weighted by molar-refractivity contribution is 5.84. The van der Waals surface area contributed by atoms with E-state index in [1.54, 1.807) is 0 Å². The third kappa shape index (κ3) is 7.23. The molecule has 0 heterocycles. The number of hydrogen-bond donors (Lipinski definition) is 1. The van der Waals surface area contributed by atoms with Crippen molar-refractivity contribution < 1.29 is 0 Å². The molecule has 1 heteroatoms. The molecule has 0 spiro atoms. The first-order valence-electron chi connectivity index (χ1n) is 19.5. The number of rotatable bonds is 10. The van der Waals surface area contributed by atoms with E-state index in [0.717, 1.165) is 19.4 Å². The van der Waals surface area contributed by atoms with Crippen LogP contribution in [-0.4, -0.2) is 0 Å². The Kier molecular flexibility index (Phi) is 9.61. The van der Waals surface area contributed by atoms with Gasteiger partial charge in [-0.3, -0.25) is 0 Å². The quantitative estimate of drug-likeness (QED) is 0.140. The molecule has 0 radical (unpaired) electrons. The zero-order chi connectivity index (χ0) is 36.1. The molecule has 7 aromatic carbocycles. The van der Waals surface area contributed by atoms with Gasteiger partial charge in [0, 0.05) is 18.2 Å². The van der Waals surface area contributed by atoms with Crippen molar-refractivity contribution in [2.24, 2.45) is 0 Å². The maximum Gasteiger partial charge on any atom is 0.0407 e. The van der Waals surface area contributed by atoms with Crippen LogP contribution in [0.15, 0.2) is 188 Å². The van der Waals surface area contributed by atoms with Crippen molar-refractivity contribution in [2.45, 2.75) is 44.6 Å². The molecule has 0 fully saturated rings. The zero-order valence-corrected chi connectivity index (χ0v) is 30.7. The van der Waals surface area contributed by atoms with E-state index in [0.29, 0.717) is 5.92 Å². The van der Waals surface area contributed by atoms with Gasteiger partial charge in [0.15, 0.2) is 0 Å². The summed E-state index contributed by atoms with van der Waals surface area (Å²) in [6.07, 6.45) is 12.7. The Hall–Kier alpha value is -6.18. The van der Waals surface area contributed by atoms with E-state index in [1.165, 1.54) is 103 Å². The average Bonchev–Trinajstić information content (AvgIpc) is 3.64. The second-order valence-electron chi connectivity index (χ2n) is 14.8. The van der Waals surface area contributed by atoms with Crippen molar-refractivity contribution in [3.8, 4) is 44.5 Å². The summed E-state index contributed by atoms with van der Waals surface area (Å²) in [5.74, 6) is 0.563. The highest BCUT2D eigenvalue weighted by Gasteiger charge is 2.22. The van der Waals surface area contributed by atoms with Gasteiger partial charge in [0.2, 0.25) is 0 Å². The molecule has 7 aromatic rings. The molecule has 54 heavy (non-hydrogen) atoms. The van der Waals surface area contributed by atoms with Crippen molar-refractivity contribution in [1.29, 1.82) is 0 Å². The van der Waals surface area contributed by atoms with Gasteiger partial charge in [-0.25, -0.2) is 0 Å². The molecule has 1 atom stereocenters. The van der Waals surface area contributed by atoms with Crippen molar-refractivity contribution in [2.75, 3.05) is 0 Å². The van der Waals surface area contributed by atoms with E-state index >= 15 is 0 Å². The van der Waals surface area contributed by atoms with Crippen molar-refractivity contribution in [3.05, 3.63) is 221 Å². The first-order chi connectivity index (χ1) is 26.7. The number of hydrogen-bond acceptors (Lipinski definition) is 1. The summed E-state index contributed by atoms with van der Waals surface area (Å²) in [5.41, 5.74) is 19.5. The Bertz CT molecular complexity index is 2430. The van der Waals surface area contributed by atoms with Gasteiger partial charge in [0.1, 0.15) is 0 Å². The lowest BCUT2D eigenvalue weighted by molar-refractivity contribution is 0.654. The van der Waals surface area contributed by atoms with E-state index in [4.69, 9.17) is 0 Å². The van der Waals surface area contributed by atoms with Gasteiger partial charge in [-0.05, 0) is 122 Å². The second-order valence-corrected chi connectivity index (χ2v) is 14.8. The summed E-state index contributed by atoms with van der Waals surface area (Å²) in [4.78, 5) is 0. The third-order valence-electron chi connectivity index (χ3n) is 11.3. The maximum absolute atomic E-state index is 3.88. The minimum atomic E-state index is 0.563. The Balaban J connectivity index is 0.948. The highest BCUT2D eigenvalue weighted by Crippen LogP contribution is 2.41. The molecule has 1 nitrogen and oxygen atoms in total. The Morgan fingerprint density at radius 3 is 1.94 bits per heavy atom. The number of benzene rings is 7. The summed E-state index contributed by atoms with van der Waals surface area (Å²) < 4.78 is 0. The van der Waals surface area contributed by atoms with Crippen LogP contribution in [0.2, 0.25) is 0 Å². The van der Waals surface area contributed by atoms with Gasteiger partial charge in [-0.2, -0.15) is 0 Å². The second kappa shape index (κ2) is 15.4. The fourth-order valence-electron chi connectivity index (χ4n) is 8.32. The molecular formula is C53H45N. The standard InChI is InChI=1S/C53H45N/c1-4-12-39(13-5-1)41-25-22-38(23-26-41)24-33-52(44-16-8-3-9-17-44)54-37-50-21-11-20-49-35-48-32-31-47(36-51(48)53(49)50)43-29-27-42(28-30-43)46-19-10-18-45(34-46)40-14-6-2-7-15-40/h2-4,6-12,14-23,25-34,36,39,54H,1,5,13,24,35,37H2/b52-33-. The van der Waals surface area contributed by atoms with Crippen LogP contribution in [0.25, 0.3) is 50.2 Å². The first-order valence-corrected chi connectivity index (χ1v) is 19.5. The van der Waals surface area contributed by atoms with Crippen LogP contribution in [0.5, 0.6) is 0 Å². The van der Waals surface area contributed by atoms with Crippen molar-refractivity contribution in [1.82, 2.24) is 5.32 Å². The van der Waals surface area contributed by atoms with Gasteiger partial charge < -0.3 is 5.32 Å². The molecule has 9 rings (SSSR count). The summed E-state index contributed by atoms with van der Waals surface area (Å²) in [6.45, 7) is 0.761. The largest absolute Gasteiger partial charge is 0.381 e. The monoisotopic (exact) mass is 695 g/mol. The molecular weight excluding hydrogens is 651 g/mol. The van der Waals surface area contributed by atoms with Crippen LogP contribution in [0.3, 0.4) is 0 Å². The Morgan fingerprint density at radius 1 is 0.574 bits per heavy atom. The highest BCUT2D eigenvalue weighted by atomic mass is 14.9. The van der Waals surface area contributed by atoms with E-state index in [-0.39, 0.29) is 0 Å². The molecule has 2 aliphatic rings. The summed E-state index contributed by atoms with van der Waals surface area (Å²) >= 11 is 0. The van der Waals surface area contributed by atoms with Crippen LogP contribution in [0.1, 0.15) is 58.6 Å². The van der Waals surface area contributed by atoms with Crippen LogP contribution in [0.4, 0.5) is 0 Å². The molecule has 0 saturated carbocycles. The maximum atomic E-state index is 3.88. The molecule has 0 saturated heterocycles. The number of fused-ring (bicyclic) bond motifs is 3.